The zero-order valence-electron chi connectivity index (χ0n) is 13.9. The fourth-order valence-corrected chi connectivity index (χ4v) is 2.49. The molecule has 0 aromatic heterocycles. The predicted octanol–water partition coefficient (Wildman–Crippen LogP) is 3.28. The Morgan fingerprint density at radius 3 is 2.80 bits per heavy atom. The van der Waals surface area contributed by atoms with E-state index in [9.17, 15) is 9.59 Å². The number of anilines is 1. The number of para-hydroxylation sites is 1. The maximum absolute atomic E-state index is 12.4. The van der Waals surface area contributed by atoms with Crippen molar-refractivity contribution in [2.24, 2.45) is 0 Å². The van der Waals surface area contributed by atoms with Crippen LogP contribution in [0.1, 0.15) is 22.8 Å². The number of benzene rings is 2. The van der Waals surface area contributed by atoms with Crippen LogP contribution in [-0.2, 0) is 4.79 Å². The second-order valence-corrected chi connectivity index (χ2v) is 5.37. The van der Waals surface area contributed by atoms with Gasteiger partial charge in [-0.05, 0) is 36.4 Å². The number of hydrogen-bond donors (Lipinski definition) is 1. The van der Waals surface area contributed by atoms with Gasteiger partial charge in [0.15, 0.2) is 17.3 Å². The quantitative estimate of drug-likeness (QED) is 0.668. The molecule has 2 aromatic carbocycles. The molecule has 6 heteroatoms. The largest absolute Gasteiger partial charge is 0.495 e. The lowest BCUT2D eigenvalue weighted by molar-refractivity contribution is -0.114. The lowest BCUT2D eigenvalue weighted by atomic mass is 10.1. The Labute approximate surface area is 145 Å². The van der Waals surface area contributed by atoms with Crippen molar-refractivity contribution >= 4 is 23.5 Å². The van der Waals surface area contributed by atoms with Gasteiger partial charge in [-0.2, -0.15) is 0 Å². The first-order chi connectivity index (χ1) is 12.1. The van der Waals surface area contributed by atoms with Crippen LogP contribution in [0, 0.1) is 0 Å². The number of carbonyl (C=O) groups is 2. The summed E-state index contributed by atoms with van der Waals surface area (Å²) in [5.74, 6) is 1.33. The van der Waals surface area contributed by atoms with Gasteiger partial charge in [0.1, 0.15) is 5.75 Å². The van der Waals surface area contributed by atoms with E-state index in [0.29, 0.717) is 28.5 Å². The van der Waals surface area contributed by atoms with Crippen LogP contribution in [0.15, 0.2) is 42.5 Å². The molecule has 1 aliphatic heterocycles. The Hall–Kier alpha value is -3.28. The van der Waals surface area contributed by atoms with Crippen LogP contribution in [0.5, 0.6) is 17.2 Å². The molecule has 2 aromatic rings. The van der Waals surface area contributed by atoms with Gasteiger partial charge in [0, 0.05) is 18.1 Å². The number of fused-ring (bicyclic) bond motifs is 1. The number of rotatable bonds is 5. The Morgan fingerprint density at radius 1 is 1.20 bits per heavy atom. The maximum Gasteiger partial charge on any atom is 0.231 e. The van der Waals surface area contributed by atoms with E-state index in [1.807, 2.05) is 18.2 Å². The summed E-state index contributed by atoms with van der Waals surface area (Å²) in [5.41, 5.74) is 1.65. The molecule has 0 aliphatic carbocycles. The molecule has 25 heavy (non-hydrogen) atoms. The van der Waals surface area contributed by atoms with Crippen LogP contribution in [-0.4, -0.2) is 25.6 Å². The van der Waals surface area contributed by atoms with Gasteiger partial charge in [0.2, 0.25) is 12.7 Å². The van der Waals surface area contributed by atoms with E-state index in [1.54, 1.807) is 24.3 Å². The third-order valence-electron chi connectivity index (χ3n) is 3.64. The van der Waals surface area contributed by atoms with Crippen LogP contribution >= 0.6 is 0 Å². The Balaban J connectivity index is 1.84. The summed E-state index contributed by atoms with van der Waals surface area (Å²) < 4.78 is 15.9. The Kier molecular flexibility index (Phi) is 4.70. The summed E-state index contributed by atoms with van der Waals surface area (Å²) in [6, 6.07) is 10.4. The molecule has 0 saturated carbocycles. The normalized spacial score (nSPS) is 12.2. The second kappa shape index (κ2) is 7.09. The number of ether oxygens (including phenoxy) is 3. The third kappa shape index (κ3) is 3.63. The molecule has 0 saturated heterocycles. The molecule has 3 rings (SSSR count). The summed E-state index contributed by atoms with van der Waals surface area (Å²) in [5, 5.41) is 2.65. The first-order valence-electron chi connectivity index (χ1n) is 7.65. The molecular weight excluding hydrogens is 322 g/mol. The van der Waals surface area contributed by atoms with E-state index in [0.717, 1.165) is 5.56 Å². The smallest absolute Gasteiger partial charge is 0.231 e. The molecule has 0 fully saturated rings. The Morgan fingerprint density at radius 2 is 2.04 bits per heavy atom. The highest BCUT2D eigenvalue weighted by atomic mass is 16.7. The molecule has 0 atom stereocenters. The van der Waals surface area contributed by atoms with Crippen LogP contribution in [0.2, 0.25) is 0 Å². The molecular formula is C19H17NO5. The summed E-state index contributed by atoms with van der Waals surface area (Å²) >= 11 is 0. The van der Waals surface area contributed by atoms with Crippen molar-refractivity contribution in [3.8, 4) is 17.2 Å². The maximum atomic E-state index is 12.4. The molecule has 0 radical (unpaired) electrons. The summed E-state index contributed by atoms with van der Waals surface area (Å²) in [6.45, 7) is 1.57. The van der Waals surface area contributed by atoms with Gasteiger partial charge in [-0.3, -0.25) is 9.59 Å². The molecule has 1 aliphatic rings. The predicted molar refractivity (Wildman–Crippen MR) is 93.2 cm³/mol. The van der Waals surface area contributed by atoms with E-state index in [2.05, 4.69) is 5.32 Å². The number of hydrogen-bond acceptors (Lipinski definition) is 5. The molecule has 0 unspecified atom stereocenters. The highest BCUT2D eigenvalue weighted by Gasteiger charge is 2.16. The number of amides is 1. The number of allylic oxidation sites excluding steroid dienone is 1. The molecule has 1 N–H and O–H groups in total. The van der Waals surface area contributed by atoms with Crippen molar-refractivity contribution in [2.45, 2.75) is 6.92 Å². The molecule has 128 valence electrons. The van der Waals surface area contributed by atoms with E-state index >= 15 is 0 Å². The summed E-state index contributed by atoms with van der Waals surface area (Å²) in [4.78, 5) is 23.7. The Bertz CT molecular complexity index is 857. The van der Waals surface area contributed by atoms with Crippen LogP contribution in [0.25, 0.3) is 6.08 Å². The first kappa shape index (κ1) is 16.6. The minimum absolute atomic E-state index is 0.173. The van der Waals surface area contributed by atoms with Gasteiger partial charge in [-0.1, -0.05) is 12.1 Å². The van der Waals surface area contributed by atoms with E-state index in [1.165, 1.54) is 20.1 Å². The number of ketones is 1. The minimum atomic E-state index is -0.240. The fourth-order valence-electron chi connectivity index (χ4n) is 2.49. The van der Waals surface area contributed by atoms with E-state index in [-0.39, 0.29) is 18.5 Å². The molecule has 0 bridgehead atoms. The fraction of sp³-hybridized carbons (Fsp3) is 0.158. The van der Waals surface area contributed by atoms with Gasteiger partial charge in [-0.15, -0.1) is 0 Å². The van der Waals surface area contributed by atoms with Crippen LogP contribution in [0.4, 0.5) is 5.69 Å². The number of carbonyl (C=O) groups excluding carboxylic acids is 2. The van der Waals surface area contributed by atoms with Crippen molar-refractivity contribution < 1.29 is 23.8 Å². The number of methoxy groups -OCH3 is 1. The minimum Gasteiger partial charge on any atom is -0.495 e. The van der Waals surface area contributed by atoms with Crippen molar-refractivity contribution in [3.05, 3.63) is 53.6 Å². The summed E-state index contributed by atoms with van der Waals surface area (Å²) in [7, 11) is 1.50. The van der Waals surface area contributed by atoms with Gasteiger partial charge in [0.05, 0.1) is 12.8 Å². The topological polar surface area (TPSA) is 73.9 Å². The lowest BCUT2D eigenvalue weighted by Gasteiger charge is -2.09. The molecule has 1 amide bonds. The van der Waals surface area contributed by atoms with E-state index in [4.69, 9.17) is 14.2 Å². The average Bonchev–Trinajstić information content (AvgIpc) is 3.08. The number of nitrogens with one attached hydrogen (secondary N) is 1. The monoisotopic (exact) mass is 339 g/mol. The standard InChI is InChI=1S/C19H17NO5/c1-12(21)20-15-10-14(7-9-17(15)23-2)16(22)8-6-13-4-3-5-18-19(13)25-11-24-18/h3-10H,11H2,1-2H3,(H,20,21)/b8-6+. The van der Waals surface area contributed by atoms with Crippen molar-refractivity contribution in [1.82, 2.24) is 0 Å². The molecule has 6 nitrogen and oxygen atoms in total. The molecule has 0 spiro atoms. The summed E-state index contributed by atoms with van der Waals surface area (Å²) in [6.07, 6.45) is 3.13. The van der Waals surface area contributed by atoms with Gasteiger partial charge < -0.3 is 19.5 Å². The third-order valence-corrected chi connectivity index (χ3v) is 3.64. The van der Waals surface area contributed by atoms with Gasteiger partial charge in [-0.25, -0.2) is 0 Å². The highest BCUT2D eigenvalue weighted by molar-refractivity contribution is 6.08. The zero-order valence-corrected chi connectivity index (χ0v) is 13.9. The SMILES string of the molecule is COc1ccc(C(=O)/C=C/c2cccc3c2OCO3)cc1NC(C)=O. The van der Waals surface area contributed by atoms with Crippen molar-refractivity contribution in [3.63, 3.8) is 0 Å². The van der Waals surface area contributed by atoms with Gasteiger partial charge >= 0.3 is 0 Å². The molecule has 1 heterocycles. The van der Waals surface area contributed by atoms with Gasteiger partial charge in [0.25, 0.3) is 0 Å². The first-order valence-corrected chi connectivity index (χ1v) is 7.65. The zero-order chi connectivity index (χ0) is 17.8. The lowest BCUT2D eigenvalue weighted by Crippen LogP contribution is -2.08. The second-order valence-electron chi connectivity index (χ2n) is 5.37. The van der Waals surface area contributed by atoms with E-state index < -0.39 is 0 Å². The van der Waals surface area contributed by atoms with Crippen LogP contribution < -0.4 is 19.5 Å². The van der Waals surface area contributed by atoms with Crippen molar-refractivity contribution in [1.29, 1.82) is 0 Å². The average molecular weight is 339 g/mol. The van der Waals surface area contributed by atoms with Crippen molar-refractivity contribution in [2.75, 3.05) is 19.2 Å². The van der Waals surface area contributed by atoms with Crippen LogP contribution in [0.3, 0.4) is 0 Å². The highest BCUT2D eigenvalue weighted by Crippen LogP contribution is 2.36.